The zero-order valence-electron chi connectivity index (χ0n) is 11.3. The first-order chi connectivity index (χ1) is 7.14. The van der Waals surface area contributed by atoms with Crippen molar-refractivity contribution < 1.29 is 0 Å². The van der Waals surface area contributed by atoms with Gasteiger partial charge < -0.3 is 5.32 Å². The summed E-state index contributed by atoms with van der Waals surface area (Å²) in [5.74, 6) is 0.555. The van der Waals surface area contributed by atoms with Crippen LogP contribution < -0.4 is 10.6 Å². The predicted octanol–water partition coefficient (Wildman–Crippen LogP) is 2.24. The molecule has 0 aliphatic heterocycles. The van der Waals surface area contributed by atoms with Gasteiger partial charge in [-0.3, -0.25) is 10.3 Å². The van der Waals surface area contributed by atoms with Gasteiger partial charge in [-0.25, -0.2) is 0 Å². The van der Waals surface area contributed by atoms with Crippen molar-refractivity contribution in [2.75, 3.05) is 6.54 Å². The van der Waals surface area contributed by atoms with Gasteiger partial charge in [0.15, 0.2) is 6.19 Å². The van der Waals surface area contributed by atoms with Crippen molar-refractivity contribution in [3.05, 3.63) is 0 Å². The molecule has 0 aromatic rings. The van der Waals surface area contributed by atoms with Gasteiger partial charge in [0.25, 0.3) is 0 Å². The summed E-state index contributed by atoms with van der Waals surface area (Å²) in [4.78, 5) is 4.36. The Morgan fingerprint density at radius 1 is 1.19 bits per heavy atom. The summed E-state index contributed by atoms with van der Waals surface area (Å²) in [6, 6.07) is 0. The molecule has 0 bridgehead atoms. The molecule has 0 saturated heterocycles. The molecular weight excluding hydrogens is 200 g/mol. The first-order valence-corrected chi connectivity index (χ1v) is 5.62. The zero-order chi connectivity index (χ0) is 12.8. The molecule has 0 fully saturated rings. The van der Waals surface area contributed by atoms with Crippen molar-refractivity contribution in [2.24, 2.45) is 10.4 Å². The molecule has 0 aliphatic carbocycles. The predicted molar refractivity (Wildman–Crippen MR) is 68.0 cm³/mol. The summed E-state index contributed by atoms with van der Waals surface area (Å²) < 4.78 is 0. The fraction of sp³-hybridized carbons (Fsp3) is 0.833. The van der Waals surface area contributed by atoms with E-state index in [9.17, 15) is 0 Å². The third kappa shape index (κ3) is 9.32. The highest BCUT2D eigenvalue weighted by Gasteiger charge is 2.13. The Morgan fingerprint density at radius 2 is 1.75 bits per heavy atom. The Hall–Kier alpha value is -1.24. The van der Waals surface area contributed by atoms with Crippen molar-refractivity contribution in [1.29, 1.82) is 5.26 Å². The van der Waals surface area contributed by atoms with E-state index in [1.165, 1.54) is 0 Å². The van der Waals surface area contributed by atoms with Gasteiger partial charge in [-0.1, -0.05) is 20.8 Å². The lowest BCUT2D eigenvalue weighted by Crippen LogP contribution is -2.46. The van der Waals surface area contributed by atoms with E-state index in [4.69, 9.17) is 5.26 Å². The summed E-state index contributed by atoms with van der Waals surface area (Å²) in [7, 11) is 0. The number of rotatable bonds is 2. The second-order valence-corrected chi connectivity index (χ2v) is 6.15. The second-order valence-electron chi connectivity index (χ2n) is 6.15. The second kappa shape index (κ2) is 5.74. The first-order valence-electron chi connectivity index (χ1n) is 5.62. The highest BCUT2D eigenvalue weighted by molar-refractivity contribution is 5.81. The zero-order valence-corrected chi connectivity index (χ0v) is 11.3. The molecule has 2 N–H and O–H groups in total. The van der Waals surface area contributed by atoms with E-state index in [0.717, 1.165) is 13.0 Å². The largest absolute Gasteiger partial charge is 0.351 e. The molecule has 0 atom stereocenters. The van der Waals surface area contributed by atoms with Gasteiger partial charge in [0.05, 0.1) is 0 Å². The lowest BCUT2D eigenvalue weighted by molar-refractivity contribution is 0.384. The highest BCUT2D eigenvalue weighted by Crippen LogP contribution is 2.17. The molecule has 0 radical (unpaired) electrons. The molecule has 0 saturated carbocycles. The van der Waals surface area contributed by atoms with Gasteiger partial charge in [0, 0.05) is 12.1 Å². The molecule has 0 spiro atoms. The average molecular weight is 224 g/mol. The van der Waals surface area contributed by atoms with Crippen LogP contribution in [0, 0.1) is 16.9 Å². The average Bonchev–Trinajstić information content (AvgIpc) is 1.98. The summed E-state index contributed by atoms with van der Waals surface area (Å²) in [5, 5.41) is 14.3. The lowest BCUT2D eigenvalue weighted by atomic mass is 9.92. The summed E-state index contributed by atoms with van der Waals surface area (Å²) >= 11 is 0. The maximum Gasteiger partial charge on any atom is 0.205 e. The van der Waals surface area contributed by atoms with Crippen LogP contribution in [-0.2, 0) is 0 Å². The molecule has 0 aromatic carbocycles. The van der Waals surface area contributed by atoms with Crippen LogP contribution in [-0.4, -0.2) is 18.0 Å². The highest BCUT2D eigenvalue weighted by atomic mass is 15.2. The van der Waals surface area contributed by atoms with Crippen LogP contribution >= 0.6 is 0 Å². The number of aliphatic imine (C=N–C) groups is 1. The monoisotopic (exact) mass is 224 g/mol. The fourth-order valence-corrected chi connectivity index (χ4v) is 1.02. The van der Waals surface area contributed by atoms with E-state index in [1.54, 1.807) is 0 Å². The van der Waals surface area contributed by atoms with Crippen LogP contribution in [0.15, 0.2) is 4.99 Å². The van der Waals surface area contributed by atoms with E-state index < -0.39 is 0 Å². The van der Waals surface area contributed by atoms with E-state index in [0.29, 0.717) is 5.96 Å². The molecule has 0 aromatic heterocycles. The van der Waals surface area contributed by atoms with Crippen molar-refractivity contribution in [2.45, 2.75) is 53.5 Å². The molecular formula is C12H24N4. The van der Waals surface area contributed by atoms with Crippen LogP contribution in [0.3, 0.4) is 0 Å². The Kier molecular flexibility index (Phi) is 5.29. The number of guanidine groups is 1. The van der Waals surface area contributed by atoms with Crippen LogP contribution in [0.2, 0.25) is 0 Å². The van der Waals surface area contributed by atoms with Crippen LogP contribution in [0.4, 0.5) is 0 Å². The van der Waals surface area contributed by atoms with Crippen LogP contribution in [0.5, 0.6) is 0 Å². The minimum atomic E-state index is -0.0928. The van der Waals surface area contributed by atoms with Gasteiger partial charge >= 0.3 is 0 Å². The van der Waals surface area contributed by atoms with Gasteiger partial charge in [-0.2, -0.15) is 5.26 Å². The van der Waals surface area contributed by atoms with E-state index >= 15 is 0 Å². The smallest absolute Gasteiger partial charge is 0.205 e. The molecule has 0 unspecified atom stereocenters. The molecule has 92 valence electrons. The Bertz CT molecular complexity index is 273. The third-order valence-corrected chi connectivity index (χ3v) is 1.80. The van der Waals surface area contributed by atoms with Crippen molar-refractivity contribution >= 4 is 5.96 Å². The normalized spacial score (nSPS) is 13.2. The molecule has 4 heteroatoms. The fourth-order valence-electron chi connectivity index (χ4n) is 1.02. The van der Waals surface area contributed by atoms with Gasteiger partial charge in [0.2, 0.25) is 5.96 Å². The molecule has 0 amide bonds. The molecule has 16 heavy (non-hydrogen) atoms. The molecule has 0 aliphatic rings. The van der Waals surface area contributed by atoms with Gasteiger partial charge in [0.1, 0.15) is 0 Å². The first kappa shape index (κ1) is 14.8. The molecule has 4 nitrogen and oxygen atoms in total. The minimum absolute atomic E-state index is 0.0928. The number of nitrogens with zero attached hydrogens (tertiary/aromatic N) is 2. The van der Waals surface area contributed by atoms with E-state index in [1.807, 2.05) is 27.0 Å². The maximum absolute atomic E-state index is 8.61. The summed E-state index contributed by atoms with van der Waals surface area (Å²) in [6.45, 7) is 13.4. The quantitative estimate of drug-likeness (QED) is 0.327. The van der Waals surface area contributed by atoms with Gasteiger partial charge in [-0.05, 0) is 32.6 Å². The maximum atomic E-state index is 8.61. The number of nitrogens with one attached hydrogen (secondary N) is 2. The molecule has 0 heterocycles. The Balaban J connectivity index is 4.32. The van der Waals surface area contributed by atoms with Crippen LogP contribution in [0.1, 0.15) is 48.0 Å². The Morgan fingerprint density at radius 3 is 2.12 bits per heavy atom. The Labute approximate surface area is 99.1 Å². The lowest BCUT2D eigenvalue weighted by Gasteiger charge is -2.22. The van der Waals surface area contributed by atoms with E-state index in [2.05, 4.69) is 36.4 Å². The topological polar surface area (TPSA) is 60.2 Å². The number of hydrogen-bond donors (Lipinski definition) is 2. The van der Waals surface area contributed by atoms with Crippen molar-refractivity contribution in [1.82, 2.24) is 10.6 Å². The van der Waals surface area contributed by atoms with Crippen LogP contribution in [0.25, 0.3) is 0 Å². The standard InChI is InChI=1S/C12H24N4/c1-11(2,3)7-8-14-10(15-9-13)16-12(4,5)6/h7-8H2,1-6H3,(H2,14,15,16). The van der Waals surface area contributed by atoms with Crippen molar-refractivity contribution in [3.63, 3.8) is 0 Å². The SMILES string of the molecule is CC(C)(C)CCN=C(NC#N)NC(C)(C)C. The van der Waals surface area contributed by atoms with E-state index in [-0.39, 0.29) is 11.0 Å². The number of hydrogen-bond acceptors (Lipinski definition) is 2. The van der Waals surface area contributed by atoms with Crippen molar-refractivity contribution in [3.8, 4) is 6.19 Å². The minimum Gasteiger partial charge on any atom is -0.351 e. The summed E-state index contributed by atoms with van der Waals surface area (Å²) in [6.07, 6.45) is 2.89. The number of nitriles is 1. The molecule has 0 rings (SSSR count). The summed E-state index contributed by atoms with van der Waals surface area (Å²) in [5.41, 5.74) is 0.174. The third-order valence-electron chi connectivity index (χ3n) is 1.80. The van der Waals surface area contributed by atoms with Gasteiger partial charge in [-0.15, -0.1) is 0 Å².